The molecule has 0 saturated heterocycles. The summed E-state index contributed by atoms with van der Waals surface area (Å²) in [5, 5.41) is 3.44. The Kier molecular flexibility index (Phi) is 8.46. The lowest BCUT2D eigenvalue weighted by Crippen LogP contribution is -2.30. The van der Waals surface area contributed by atoms with Crippen molar-refractivity contribution in [3.05, 3.63) is 70.2 Å². The summed E-state index contributed by atoms with van der Waals surface area (Å²) in [6.45, 7) is 1.01. The SMILES string of the molecule is O=C(COC(=O)c1ccccc1CSC1=NCCS1)NCCc1ccc(Cl)cc1. The molecule has 0 unspecified atom stereocenters. The predicted molar refractivity (Wildman–Crippen MR) is 121 cm³/mol. The molecule has 152 valence electrons. The van der Waals surface area contributed by atoms with Crippen LogP contribution in [-0.4, -0.2) is 41.7 Å². The predicted octanol–water partition coefficient (Wildman–Crippen LogP) is 4.19. The van der Waals surface area contributed by atoms with Gasteiger partial charge in [-0.25, -0.2) is 4.79 Å². The van der Waals surface area contributed by atoms with Gasteiger partial charge in [0, 0.05) is 23.1 Å². The highest BCUT2D eigenvalue weighted by atomic mass is 35.5. The zero-order valence-corrected chi connectivity index (χ0v) is 18.1. The second-order valence-corrected chi connectivity index (χ2v) is 8.99. The highest BCUT2D eigenvalue weighted by Gasteiger charge is 2.16. The van der Waals surface area contributed by atoms with E-state index in [4.69, 9.17) is 16.3 Å². The minimum Gasteiger partial charge on any atom is -0.452 e. The first-order valence-electron chi connectivity index (χ1n) is 9.18. The molecule has 0 aromatic heterocycles. The summed E-state index contributed by atoms with van der Waals surface area (Å²) in [6, 6.07) is 14.8. The van der Waals surface area contributed by atoms with Gasteiger partial charge in [0.15, 0.2) is 6.61 Å². The normalized spacial score (nSPS) is 13.1. The van der Waals surface area contributed by atoms with Crippen molar-refractivity contribution in [1.82, 2.24) is 5.32 Å². The molecule has 29 heavy (non-hydrogen) atoms. The quantitative estimate of drug-likeness (QED) is 0.613. The number of benzene rings is 2. The van der Waals surface area contributed by atoms with E-state index in [2.05, 4.69) is 10.3 Å². The molecule has 0 fully saturated rings. The van der Waals surface area contributed by atoms with Crippen LogP contribution in [0.4, 0.5) is 0 Å². The van der Waals surface area contributed by atoms with E-state index in [1.807, 2.05) is 36.4 Å². The molecule has 2 aromatic rings. The lowest BCUT2D eigenvalue weighted by Gasteiger charge is -2.10. The fraction of sp³-hybridized carbons (Fsp3) is 0.286. The Bertz CT molecular complexity index is 888. The minimum absolute atomic E-state index is 0.302. The molecule has 2 aromatic carbocycles. The van der Waals surface area contributed by atoms with Gasteiger partial charge in [-0.05, 0) is 35.7 Å². The molecule has 0 saturated carbocycles. The molecule has 0 atom stereocenters. The molecule has 1 aliphatic rings. The van der Waals surface area contributed by atoms with Crippen molar-refractivity contribution in [2.75, 3.05) is 25.4 Å². The van der Waals surface area contributed by atoms with E-state index in [1.165, 1.54) is 0 Å². The molecular formula is C21H21ClN2O3S2. The second-order valence-electron chi connectivity index (χ2n) is 6.24. The van der Waals surface area contributed by atoms with Crippen molar-refractivity contribution in [1.29, 1.82) is 0 Å². The summed E-state index contributed by atoms with van der Waals surface area (Å²) in [7, 11) is 0. The standard InChI is InChI=1S/C21H21ClN2O3S2/c22-17-7-5-15(6-8-17)9-10-23-19(25)13-27-20(26)18-4-2-1-3-16(18)14-29-21-24-11-12-28-21/h1-8H,9-14H2,(H,23,25). The van der Waals surface area contributed by atoms with Gasteiger partial charge in [-0.3, -0.25) is 9.79 Å². The number of halogens is 1. The smallest absolute Gasteiger partial charge is 0.338 e. The average Bonchev–Trinajstić information content (AvgIpc) is 3.26. The van der Waals surface area contributed by atoms with E-state index in [0.29, 0.717) is 29.3 Å². The van der Waals surface area contributed by atoms with Crippen molar-refractivity contribution >= 4 is 51.4 Å². The van der Waals surface area contributed by atoms with Crippen LogP contribution in [0.5, 0.6) is 0 Å². The third-order valence-corrected chi connectivity index (χ3v) is 6.68. The molecule has 3 rings (SSSR count). The number of rotatable bonds is 8. The molecule has 8 heteroatoms. The molecule has 5 nitrogen and oxygen atoms in total. The first kappa shape index (κ1) is 21.7. The summed E-state index contributed by atoms with van der Waals surface area (Å²) in [6.07, 6.45) is 0.679. The fourth-order valence-corrected chi connectivity index (χ4v) is 4.78. The van der Waals surface area contributed by atoms with Gasteiger partial charge < -0.3 is 10.1 Å². The van der Waals surface area contributed by atoms with E-state index in [9.17, 15) is 9.59 Å². The lowest BCUT2D eigenvalue weighted by atomic mass is 10.1. The maximum absolute atomic E-state index is 12.4. The molecule has 1 aliphatic heterocycles. The maximum atomic E-state index is 12.4. The van der Waals surface area contributed by atoms with Gasteiger partial charge in [-0.1, -0.05) is 65.5 Å². The van der Waals surface area contributed by atoms with Crippen LogP contribution in [-0.2, 0) is 21.7 Å². The Labute approximate surface area is 183 Å². The molecule has 1 heterocycles. The van der Waals surface area contributed by atoms with Gasteiger partial charge >= 0.3 is 5.97 Å². The number of thioether (sulfide) groups is 2. The van der Waals surface area contributed by atoms with Crippen molar-refractivity contribution in [2.24, 2.45) is 4.99 Å². The first-order chi connectivity index (χ1) is 14.1. The summed E-state index contributed by atoms with van der Waals surface area (Å²) in [5.41, 5.74) is 2.43. The number of aliphatic imine (C=N–C) groups is 1. The van der Waals surface area contributed by atoms with Gasteiger partial charge in [-0.2, -0.15) is 0 Å². The maximum Gasteiger partial charge on any atom is 0.338 e. The number of carbonyl (C=O) groups is 2. The van der Waals surface area contributed by atoms with E-state index in [1.54, 1.807) is 35.7 Å². The van der Waals surface area contributed by atoms with Crippen LogP contribution in [0.15, 0.2) is 53.5 Å². The van der Waals surface area contributed by atoms with E-state index in [0.717, 1.165) is 27.8 Å². The summed E-state index contributed by atoms with van der Waals surface area (Å²) < 4.78 is 6.26. The van der Waals surface area contributed by atoms with Gasteiger partial charge in [0.25, 0.3) is 5.91 Å². The number of nitrogens with zero attached hydrogens (tertiary/aromatic N) is 1. The van der Waals surface area contributed by atoms with Crippen molar-refractivity contribution in [3.8, 4) is 0 Å². The Morgan fingerprint density at radius 2 is 1.97 bits per heavy atom. The Morgan fingerprint density at radius 3 is 2.72 bits per heavy atom. The summed E-state index contributed by atoms with van der Waals surface area (Å²) in [4.78, 5) is 28.8. The molecule has 0 bridgehead atoms. The number of carbonyl (C=O) groups excluding carboxylic acids is 2. The van der Waals surface area contributed by atoms with Crippen molar-refractivity contribution < 1.29 is 14.3 Å². The number of hydrogen-bond acceptors (Lipinski definition) is 6. The van der Waals surface area contributed by atoms with Crippen LogP contribution >= 0.6 is 35.1 Å². The van der Waals surface area contributed by atoms with Gasteiger partial charge in [-0.15, -0.1) is 0 Å². The molecular weight excluding hydrogens is 428 g/mol. The number of amides is 1. The van der Waals surface area contributed by atoms with E-state index < -0.39 is 5.97 Å². The van der Waals surface area contributed by atoms with Crippen LogP contribution < -0.4 is 5.32 Å². The monoisotopic (exact) mass is 448 g/mol. The zero-order chi connectivity index (χ0) is 20.5. The van der Waals surface area contributed by atoms with Gasteiger partial charge in [0.1, 0.15) is 4.38 Å². The fourth-order valence-electron chi connectivity index (χ4n) is 2.64. The van der Waals surface area contributed by atoms with Crippen LogP contribution in [0.3, 0.4) is 0 Å². The molecule has 0 spiro atoms. The number of hydrogen-bond donors (Lipinski definition) is 1. The van der Waals surface area contributed by atoms with E-state index >= 15 is 0 Å². The molecule has 1 N–H and O–H groups in total. The highest BCUT2D eigenvalue weighted by Crippen LogP contribution is 2.26. The molecule has 0 radical (unpaired) electrons. The highest BCUT2D eigenvalue weighted by molar-refractivity contribution is 8.38. The number of nitrogens with one attached hydrogen (secondary N) is 1. The largest absolute Gasteiger partial charge is 0.452 e. The Balaban J connectivity index is 1.43. The van der Waals surface area contributed by atoms with Crippen LogP contribution in [0, 0.1) is 0 Å². The number of esters is 1. The third kappa shape index (κ3) is 7.10. The first-order valence-corrected chi connectivity index (χ1v) is 11.5. The molecule has 1 amide bonds. The average molecular weight is 449 g/mol. The Morgan fingerprint density at radius 1 is 1.17 bits per heavy atom. The zero-order valence-electron chi connectivity index (χ0n) is 15.7. The second kappa shape index (κ2) is 11.3. The van der Waals surface area contributed by atoms with Crippen LogP contribution in [0.25, 0.3) is 0 Å². The van der Waals surface area contributed by atoms with Crippen LogP contribution in [0.2, 0.25) is 5.02 Å². The third-order valence-electron chi connectivity index (χ3n) is 4.13. The van der Waals surface area contributed by atoms with Crippen molar-refractivity contribution in [2.45, 2.75) is 12.2 Å². The number of ether oxygens (including phenoxy) is 1. The Hall–Kier alpha value is -1.96. The van der Waals surface area contributed by atoms with E-state index in [-0.39, 0.29) is 12.5 Å². The summed E-state index contributed by atoms with van der Waals surface area (Å²) >= 11 is 9.21. The van der Waals surface area contributed by atoms with Crippen molar-refractivity contribution in [3.63, 3.8) is 0 Å². The van der Waals surface area contributed by atoms with Gasteiger partial charge in [0.05, 0.1) is 12.1 Å². The minimum atomic E-state index is -0.491. The topological polar surface area (TPSA) is 67.8 Å². The molecule has 0 aliphatic carbocycles. The van der Waals surface area contributed by atoms with Crippen LogP contribution in [0.1, 0.15) is 21.5 Å². The van der Waals surface area contributed by atoms with Gasteiger partial charge in [0.2, 0.25) is 0 Å². The lowest BCUT2D eigenvalue weighted by molar-refractivity contribution is -0.124. The summed E-state index contributed by atoms with van der Waals surface area (Å²) in [5.74, 6) is 0.842.